The lowest BCUT2D eigenvalue weighted by Crippen LogP contribution is -2.63. The molecule has 1 fully saturated rings. The summed E-state index contributed by atoms with van der Waals surface area (Å²) in [6, 6.07) is 7.79. The molecule has 1 aromatic carbocycles. The fourth-order valence-electron chi connectivity index (χ4n) is 3.48. The number of rotatable bonds is 6. The molecule has 4 atom stereocenters. The molecule has 1 N–H and O–H groups in total. The lowest BCUT2D eigenvalue weighted by molar-refractivity contribution is -0.167. The van der Waals surface area contributed by atoms with Crippen molar-refractivity contribution >= 4 is 30.3 Å². The number of carbonyl (C=O) groups excluding carboxylic acids is 3. The molecule has 1 saturated heterocycles. The van der Waals surface area contributed by atoms with E-state index in [0.717, 1.165) is 0 Å². The van der Waals surface area contributed by atoms with Crippen molar-refractivity contribution in [3.63, 3.8) is 0 Å². The third-order valence-corrected chi connectivity index (χ3v) is 4.68. The quantitative estimate of drug-likeness (QED) is 0.565. The summed E-state index contributed by atoms with van der Waals surface area (Å²) in [4.78, 5) is 37.8. The van der Waals surface area contributed by atoms with Crippen molar-refractivity contribution in [3.05, 3.63) is 35.9 Å². The van der Waals surface area contributed by atoms with Crippen LogP contribution >= 0.6 is 12.4 Å². The molecule has 1 aliphatic heterocycles. The molecule has 0 saturated carbocycles. The fraction of sp³-hybridized carbons (Fsp3) is 0.550. The second-order valence-electron chi connectivity index (χ2n) is 6.54. The van der Waals surface area contributed by atoms with Gasteiger partial charge in [0.05, 0.1) is 18.8 Å². The molecule has 2 rings (SSSR count). The van der Waals surface area contributed by atoms with E-state index in [4.69, 9.17) is 14.2 Å². The molecule has 0 aromatic heterocycles. The van der Waals surface area contributed by atoms with Crippen LogP contribution in [-0.2, 0) is 23.8 Å². The molecule has 0 radical (unpaired) electrons. The predicted molar refractivity (Wildman–Crippen MR) is 105 cm³/mol. The van der Waals surface area contributed by atoms with Gasteiger partial charge in [-0.2, -0.15) is 0 Å². The van der Waals surface area contributed by atoms with Crippen LogP contribution in [0.3, 0.4) is 0 Å². The molecule has 156 valence electrons. The minimum absolute atomic E-state index is 0. The summed E-state index contributed by atoms with van der Waals surface area (Å²) in [6.45, 7) is 7.41. The molecular weight excluding hydrogens is 386 g/mol. The van der Waals surface area contributed by atoms with Gasteiger partial charge in [-0.3, -0.25) is 9.59 Å². The van der Waals surface area contributed by atoms with Gasteiger partial charge in [-0.15, -0.1) is 12.4 Å². The zero-order valence-electron chi connectivity index (χ0n) is 16.5. The number of halogens is 1. The summed E-state index contributed by atoms with van der Waals surface area (Å²) in [7, 11) is 0. The van der Waals surface area contributed by atoms with Gasteiger partial charge < -0.3 is 19.5 Å². The summed E-state index contributed by atoms with van der Waals surface area (Å²) in [5.41, 5.74) is 0.349. The molecule has 8 heteroatoms. The number of nitrogens with one attached hydrogen (secondary N) is 1. The van der Waals surface area contributed by atoms with Gasteiger partial charge in [-0.1, -0.05) is 18.2 Å². The van der Waals surface area contributed by atoms with E-state index >= 15 is 0 Å². The highest BCUT2D eigenvalue weighted by Crippen LogP contribution is 2.31. The largest absolute Gasteiger partial charge is 0.466 e. The Hall–Kier alpha value is -2.12. The minimum Gasteiger partial charge on any atom is -0.466 e. The zero-order chi connectivity index (χ0) is 20.0. The Morgan fingerprint density at radius 3 is 1.79 bits per heavy atom. The smallest absolute Gasteiger partial charge is 0.338 e. The molecule has 0 amide bonds. The van der Waals surface area contributed by atoms with Crippen molar-refractivity contribution < 1.29 is 28.6 Å². The van der Waals surface area contributed by atoms with E-state index in [1.54, 1.807) is 44.2 Å². The van der Waals surface area contributed by atoms with Crippen LogP contribution < -0.4 is 5.32 Å². The Kier molecular flexibility index (Phi) is 9.41. The Morgan fingerprint density at radius 2 is 1.36 bits per heavy atom. The normalized spacial score (nSPS) is 26.5. The molecule has 1 aromatic rings. The molecular formula is C20H28ClNO6. The molecule has 4 unspecified atom stereocenters. The van der Waals surface area contributed by atoms with Gasteiger partial charge in [-0.25, -0.2) is 4.79 Å². The number of carbonyl (C=O) groups is 3. The minimum atomic E-state index is -0.984. The van der Waals surface area contributed by atoms with E-state index in [1.807, 2.05) is 13.8 Å². The van der Waals surface area contributed by atoms with Gasteiger partial charge in [0, 0.05) is 12.1 Å². The molecule has 0 bridgehead atoms. The van der Waals surface area contributed by atoms with Gasteiger partial charge >= 0.3 is 17.9 Å². The van der Waals surface area contributed by atoms with Crippen molar-refractivity contribution in [2.75, 3.05) is 13.2 Å². The first-order valence-electron chi connectivity index (χ1n) is 9.26. The molecule has 0 aliphatic carbocycles. The number of hydrogen-bond acceptors (Lipinski definition) is 7. The maximum atomic E-state index is 12.6. The highest BCUT2D eigenvalue weighted by atomic mass is 35.5. The van der Waals surface area contributed by atoms with Crippen LogP contribution in [0, 0.1) is 11.8 Å². The van der Waals surface area contributed by atoms with E-state index in [-0.39, 0.29) is 37.7 Å². The van der Waals surface area contributed by atoms with Gasteiger partial charge in [0.15, 0.2) is 0 Å². The molecule has 1 heterocycles. The second kappa shape index (κ2) is 11.0. The topological polar surface area (TPSA) is 90.9 Å². The van der Waals surface area contributed by atoms with Gasteiger partial charge in [0.1, 0.15) is 17.9 Å². The highest BCUT2D eigenvalue weighted by Gasteiger charge is 2.51. The summed E-state index contributed by atoms with van der Waals surface area (Å²) < 4.78 is 16.0. The van der Waals surface area contributed by atoms with Gasteiger partial charge in [0.2, 0.25) is 0 Å². The van der Waals surface area contributed by atoms with E-state index in [1.165, 1.54) is 0 Å². The number of ether oxygens (including phenoxy) is 3. The fourth-order valence-corrected chi connectivity index (χ4v) is 3.48. The second-order valence-corrected chi connectivity index (χ2v) is 6.54. The summed E-state index contributed by atoms with van der Waals surface area (Å²) in [5, 5.41) is 3.21. The summed E-state index contributed by atoms with van der Waals surface area (Å²) >= 11 is 0. The molecule has 1 aliphatic rings. The van der Waals surface area contributed by atoms with Crippen LogP contribution in [-0.4, -0.2) is 49.3 Å². The molecule has 7 nitrogen and oxygen atoms in total. The summed E-state index contributed by atoms with van der Waals surface area (Å²) in [5.74, 6) is -3.24. The highest BCUT2D eigenvalue weighted by molar-refractivity contribution is 5.90. The van der Waals surface area contributed by atoms with Crippen molar-refractivity contribution in [3.8, 4) is 0 Å². The number of hydrogen-bond donors (Lipinski definition) is 1. The van der Waals surface area contributed by atoms with E-state index < -0.39 is 35.8 Å². The Bertz CT molecular complexity index is 638. The third kappa shape index (κ3) is 5.45. The standard InChI is InChI=1S/C20H27NO6.ClH/c1-5-25-19(23)15-12(3)21-13(4)16(20(24)26-6-2)17(15)27-18(22)14-10-8-7-9-11-14;/h7-13,15-17,21H,5-6H2,1-4H3;1H. The predicted octanol–water partition coefficient (Wildman–Crippen LogP) is 2.37. The van der Waals surface area contributed by atoms with Crippen molar-refractivity contribution in [1.29, 1.82) is 0 Å². The number of esters is 3. The number of piperidine rings is 1. The SMILES string of the molecule is CCOC(=O)C1C(C)NC(C)C(C(=O)OCC)C1OC(=O)c1ccccc1.Cl. The van der Waals surface area contributed by atoms with Crippen LogP contribution in [0.25, 0.3) is 0 Å². The Morgan fingerprint density at radius 1 is 0.893 bits per heavy atom. The average molecular weight is 414 g/mol. The lowest BCUT2D eigenvalue weighted by Gasteiger charge is -2.42. The van der Waals surface area contributed by atoms with E-state index in [2.05, 4.69) is 5.32 Å². The first kappa shape index (κ1) is 23.9. The van der Waals surface area contributed by atoms with Crippen LogP contribution in [0.2, 0.25) is 0 Å². The van der Waals surface area contributed by atoms with Crippen molar-refractivity contribution in [1.82, 2.24) is 5.32 Å². The maximum absolute atomic E-state index is 12.6. The average Bonchev–Trinajstić information content (AvgIpc) is 2.62. The first-order chi connectivity index (χ1) is 12.9. The monoisotopic (exact) mass is 413 g/mol. The van der Waals surface area contributed by atoms with Crippen LogP contribution in [0.1, 0.15) is 38.1 Å². The zero-order valence-corrected chi connectivity index (χ0v) is 17.4. The Balaban J connectivity index is 0.00000392. The van der Waals surface area contributed by atoms with E-state index in [0.29, 0.717) is 5.56 Å². The molecule has 28 heavy (non-hydrogen) atoms. The first-order valence-corrected chi connectivity index (χ1v) is 9.26. The van der Waals surface area contributed by atoms with Crippen LogP contribution in [0.4, 0.5) is 0 Å². The van der Waals surface area contributed by atoms with Crippen LogP contribution in [0.15, 0.2) is 30.3 Å². The number of benzene rings is 1. The summed E-state index contributed by atoms with van der Waals surface area (Å²) in [6.07, 6.45) is -0.984. The lowest BCUT2D eigenvalue weighted by atomic mass is 9.78. The van der Waals surface area contributed by atoms with Crippen molar-refractivity contribution in [2.45, 2.75) is 45.9 Å². The van der Waals surface area contributed by atoms with E-state index in [9.17, 15) is 14.4 Å². The third-order valence-electron chi connectivity index (χ3n) is 4.68. The van der Waals surface area contributed by atoms with Crippen LogP contribution in [0.5, 0.6) is 0 Å². The maximum Gasteiger partial charge on any atom is 0.338 e. The molecule has 0 spiro atoms. The Labute approximate surface area is 171 Å². The van der Waals surface area contributed by atoms with Crippen molar-refractivity contribution in [2.24, 2.45) is 11.8 Å². The van der Waals surface area contributed by atoms with Gasteiger partial charge in [0.25, 0.3) is 0 Å². The van der Waals surface area contributed by atoms with Gasteiger partial charge in [-0.05, 0) is 39.8 Å².